The van der Waals surface area contributed by atoms with Crippen LogP contribution in [-0.2, 0) is 0 Å². The summed E-state index contributed by atoms with van der Waals surface area (Å²) < 4.78 is 2.32. The van der Waals surface area contributed by atoms with E-state index in [1.165, 1.54) is 24.8 Å². The van der Waals surface area contributed by atoms with Crippen molar-refractivity contribution in [2.45, 2.75) is 25.3 Å². The summed E-state index contributed by atoms with van der Waals surface area (Å²) in [6, 6.07) is 10.9. The largest absolute Gasteiger partial charge is 0.330 e. The zero-order chi connectivity index (χ0) is 12.4. The monoisotopic (exact) mass is 241 g/mol. The first-order valence-corrected chi connectivity index (χ1v) is 6.68. The van der Waals surface area contributed by atoms with Crippen molar-refractivity contribution in [3.05, 3.63) is 42.7 Å². The minimum absolute atomic E-state index is 0.521. The van der Waals surface area contributed by atoms with Crippen molar-refractivity contribution >= 4 is 0 Å². The molecule has 1 saturated carbocycles. The molecule has 2 atom stereocenters. The van der Waals surface area contributed by atoms with Gasteiger partial charge < -0.3 is 10.3 Å². The fraction of sp³-hybridized carbons (Fsp3) is 0.400. The Labute approximate surface area is 108 Å². The molecule has 1 aliphatic rings. The van der Waals surface area contributed by atoms with Gasteiger partial charge in [0.05, 0.1) is 0 Å². The van der Waals surface area contributed by atoms with Crippen LogP contribution in [0.2, 0.25) is 0 Å². The molecule has 0 aliphatic heterocycles. The van der Waals surface area contributed by atoms with Crippen LogP contribution < -0.4 is 5.73 Å². The van der Waals surface area contributed by atoms with Crippen molar-refractivity contribution < 1.29 is 0 Å². The number of benzene rings is 1. The van der Waals surface area contributed by atoms with Crippen LogP contribution in [0.1, 0.15) is 25.3 Å². The molecule has 0 saturated heterocycles. The van der Waals surface area contributed by atoms with Gasteiger partial charge in [-0.05, 0) is 25.3 Å². The molecule has 2 aromatic rings. The molecular weight excluding hydrogens is 222 g/mol. The molecule has 0 radical (unpaired) electrons. The molecule has 3 heteroatoms. The quantitative estimate of drug-likeness (QED) is 0.898. The minimum Gasteiger partial charge on any atom is -0.330 e. The van der Waals surface area contributed by atoms with Gasteiger partial charge in [0, 0.05) is 24.0 Å². The Kier molecular flexibility index (Phi) is 3.15. The highest BCUT2D eigenvalue weighted by atomic mass is 15.1. The predicted molar refractivity (Wildman–Crippen MR) is 73.1 cm³/mol. The number of hydrogen-bond acceptors (Lipinski definition) is 2. The third-order valence-electron chi connectivity index (χ3n) is 3.98. The summed E-state index contributed by atoms with van der Waals surface area (Å²) in [6.45, 7) is 0.775. The molecule has 1 aromatic heterocycles. The zero-order valence-electron chi connectivity index (χ0n) is 10.5. The van der Waals surface area contributed by atoms with Gasteiger partial charge in [-0.25, -0.2) is 4.98 Å². The van der Waals surface area contributed by atoms with Crippen molar-refractivity contribution in [3.8, 4) is 11.4 Å². The Hall–Kier alpha value is -1.61. The summed E-state index contributed by atoms with van der Waals surface area (Å²) in [7, 11) is 0. The van der Waals surface area contributed by atoms with Crippen LogP contribution in [0.4, 0.5) is 0 Å². The molecular formula is C15H19N3. The van der Waals surface area contributed by atoms with E-state index in [2.05, 4.69) is 40.0 Å². The van der Waals surface area contributed by atoms with Crippen molar-refractivity contribution in [2.75, 3.05) is 6.54 Å². The third-order valence-corrected chi connectivity index (χ3v) is 3.98. The second kappa shape index (κ2) is 4.94. The fourth-order valence-corrected chi connectivity index (χ4v) is 3.05. The first-order valence-electron chi connectivity index (χ1n) is 6.68. The van der Waals surface area contributed by atoms with E-state index in [-0.39, 0.29) is 0 Å². The van der Waals surface area contributed by atoms with Gasteiger partial charge in [-0.2, -0.15) is 0 Å². The first-order chi connectivity index (χ1) is 8.90. The molecule has 1 heterocycles. The summed E-state index contributed by atoms with van der Waals surface area (Å²) in [5.41, 5.74) is 7.07. The molecule has 2 N–H and O–H groups in total. The average molecular weight is 241 g/mol. The number of hydrogen-bond donors (Lipinski definition) is 1. The van der Waals surface area contributed by atoms with E-state index in [0.29, 0.717) is 12.0 Å². The Balaban J connectivity index is 1.97. The van der Waals surface area contributed by atoms with Crippen LogP contribution in [0.5, 0.6) is 0 Å². The summed E-state index contributed by atoms with van der Waals surface area (Å²) in [4.78, 5) is 4.52. The van der Waals surface area contributed by atoms with Crippen molar-refractivity contribution in [3.63, 3.8) is 0 Å². The lowest BCUT2D eigenvalue weighted by molar-refractivity contribution is 0.390. The Morgan fingerprint density at radius 3 is 2.83 bits per heavy atom. The number of rotatable bonds is 3. The fourth-order valence-electron chi connectivity index (χ4n) is 3.05. The molecule has 0 amide bonds. The number of aromatic nitrogens is 2. The highest BCUT2D eigenvalue weighted by Gasteiger charge is 2.28. The predicted octanol–water partition coefficient (Wildman–Crippen LogP) is 2.85. The Morgan fingerprint density at radius 1 is 1.22 bits per heavy atom. The highest BCUT2D eigenvalue weighted by Crippen LogP contribution is 2.37. The third kappa shape index (κ3) is 1.95. The van der Waals surface area contributed by atoms with Crippen LogP contribution in [0.25, 0.3) is 11.4 Å². The summed E-state index contributed by atoms with van der Waals surface area (Å²) in [5.74, 6) is 1.67. The minimum atomic E-state index is 0.521. The van der Waals surface area contributed by atoms with Gasteiger partial charge in [0.15, 0.2) is 0 Å². The molecule has 1 aliphatic carbocycles. The van der Waals surface area contributed by atoms with Gasteiger partial charge in [0.25, 0.3) is 0 Å². The topological polar surface area (TPSA) is 43.8 Å². The SMILES string of the molecule is NCC1CCCC1n1ccnc1-c1ccccc1. The van der Waals surface area contributed by atoms with Crippen molar-refractivity contribution in [2.24, 2.45) is 11.7 Å². The van der Waals surface area contributed by atoms with Crippen molar-refractivity contribution in [1.29, 1.82) is 0 Å². The summed E-state index contributed by atoms with van der Waals surface area (Å²) >= 11 is 0. The molecule has 1 aromatic carbocycles. The van der Waals surface area contributed by atoms with Gasteiger partial charge in [-0.1, -0.05) is 36.8 Å². The highest BCUT2D eigenvalue weighted by molar-refractivity contribution is 5.55. The van der Waals surface area contributed by atoms with E-state index in [0.717, 1.165) is 12.4 Å². The lowest BCUT2D eigenvalue weighted by atomic mass is 10.0. The maximum atomic E-state index is 5.89. The maximum Gasteiger partial charge on any atom is 0.140 e. The smallest absolute Gasteiger partial charge is 0.140 e. The molecule has 94 valence electrons. The van der Waals surface area contributed by atoms with Gasteiger partial charge in [0.1, 0.15) is 5.82 Å². The summed E-state index contributed by atoms with van der Waals surface area (Å²) in [5, 5.41) is 0. The molecule has 1 fully saturated rings. The van der Waals surface area contributed by atoms with Crippen LogP contribution in [0, 0.1) is 5.92 Å². The van der Waals surface area contributed by atoms with E-state index >= 15 is 0 Å². The van der Waals surface area contributed by atoms with Gasteiger partial charge in [0.2, 0.25) is 0 Å². The normalized spacial score (nSPS) is 23.4. The van der Waals surface area contributed by atoms with Gasteiger partial charge in [-0.3, -0.25) is 0 Å². The average Bonchev–Trinajstić information content (AvgIpc) is 3.07. The van der Waals surface area contributed by atoms with Crippen LogP contribution in [-0.4, -0.2) is 16.1 Å². The molecule has 0 bridgehead atoms. The molecule has 3 rings (SSSR count). The van der Waals surface area contributed by atoms with Crippen LogP contribution in [0.15, 0.2) is 42.7 Å². The second-order valence-corrected chi connectivity index (χ2v) is 5.02. The van der Waals surface area contributed by atoms with Crippen molar-refractivity contribution in [1.82, 2.24) is 9.55 Å². The molecule has 2 unspecified atom stereocenters. The number of imidazole rings is 1. The number of nitrogens with zero attached hydrogens (tertiary/aromatic N) is 2. The van der Waals surface area contributed by atoms with E-state index in [9.17, 15) is 0 Å². The number of nitrogens with two attached hydrogens (primary N) is 1. The van der Waals surface area contributed by atoms with Gasteiger partial charge in [-0.15, -0.1) is 0 Å². The Morgan fingerprint density at radius 2 is 2.06 bits per heavy atom. The maximum absolute atomic E-state index is 5.89. The first kappa shape index (κ1) is 11.5. The van der Waals surface area contributed by atoms with Crippen LogP contribution >= 0.6 is 0 Å². The summed E-state index contributed by atoms with van der Waals surface area (Å²) in [6.07, 6.45) is 7.74. The molecule has 3 nitrogen and oxygen atoms in total. The molecule has 18 heavy (non-hydrogen) atoms. The van der Waals surface area contributed by atoms with E-state index in [1.807, 2.05) is 12.3 Å². The van der Waals surface area contributed by atoms with E-state index in [1.54, 1.807) is 0 Å². The van der Waals surface area contributed by atoms with Crippen LogP contribution in [0.3, 0.4) is 0 Å². The Bertz CT molecular complexity index is 503. The zero-order valence-corrected chi connectivity index (χ0v) is 10.5. The van der Waals surface area contributed by atoms with E-state index < -0.39 is 0 Å². The van der Waals surface area contributed by atoms with Gasteiger partial charge >= 0.3 is 0 Å². The lowest BCUT2D eigenvalue weighted by Crippen LogP contribution is -2.21. The standard InChI is InChI=1S/C15H19N3/c16-11-13-7-4-8-14(13)18-10-9-17-15(18)12-5-2-1-3-6-12/h1-3,5-6,9-10,13-14H,4,7-8,11,16H2. The molecule has 0 spiro atoms. The second-order valence-electron chi connectivity index (χ2n) is 5.02. The van der Waals surface area contributed by atoms with E-state index in [4.69, 9.17) is 5.73 Å². The lowest BCUT2D eigenvalue weighted by Gasteiger charge is -2.21.